The highest BCUT2D eigenvalue weighted by Gasteiger charge is 2.17. The summed E-state index contributed by atoms with van der Waals surface area (Å²) in [6.07, 6.45) is -1.25. The molecule has 0 saturated heterocycles. The lowest BCUT2D eigenvalue weighted by Crippen LogP contribution is -2.16. The number of hydrogen-bond acceptors (Lipinski definition) is 4. The highest BCUT2D eigenvalue weighted by Crippen LogP contribution is 2.23. The van der Waals surface area contributed by atoms with E-state index in [1.807, 2.05) is 19.6 Å². The van der Waals surface area contributed by atoms with Crippen molar-refractivity contribution < 1.29 is 14.8 Å². The van der Waals surface area contributed by atoms with E-state index in [1.165, 1.54) is 18.2 Å². The van der Waals surface area contributed by atoms with Crippen LogP contribution in [0.15, 0.2) is 18.2 Å². The van der Waals surface area contributed by atoms with Gasteiger partial charge < -0.3 is 5.11 Å². The van der Waals surface area contributed by atoms with E-state index in [4.69, 9.17) is 5.11 Å². The second-order valence-corrected chi connectivity index (χ2v) is 10.3. The van der Waals surface area contributed by atoms with Crippen LogP contribution in [0.2, 0.25) is 19.6 Å². The third-order valence-corrected chi connectivity index (χ3v) is 3.49. The van der Waals surface area contributed by atoms with Crippen LogP contribution >= 0.6 is 0 Å². The second-order valence-electron chi connectivity index (χ2n) is 5.50. The predicted molar refractivity (Wildman–Crippen MR) is 80.0 cm³/mol. The number of carboxylic acid groups (broad SMARTS) is 1. The van der Waals surface area contributed by atoms with Crippen LogP contribution in [0, 0.1) is 21.6 Å². The van der Waals surface area contributed by atoms with Crippen LogP contribution < -0.4 is 0 Å². The van der Waals surface area contributed by atoms with Gasteiger partial charge in [0, 0.05) is 17.5 Å². The van der Waals surface area contributed by atoms with E-state index in [1.54, 1.807) is 0 Å². The Morgan fingerprint density at radius 3 is 2.62 bits per heavy atom. The summed E-state index contributed by atoms with van der Waals surface area (Å²) in [4.78, 5) is 21.5. The van der Waals surface area contributed by atoms with Gasteiger partial charge in [0.15, 0.2) is 0 Å². The predicted octanol–water partition coefficient (Wildman–Crippen LogP) is 2.70. The van der Waals surface area contributed by atoms with Gasteiger partial charge in [-0.05, 0) is 6.07 Å². The number of nitro groups is 1. The van der Waals surface area contributed by atoms with E-state index in [0.717, 1.165) is 4.68 Å². The Bertz CT molecular complexity index is 808. The molecule has 0 bridgehead atoms. The summed E-state index contributed by atoms with van der Waals surface area (Å²) in [5, 5.41) is 24.3. The van der Waals surface area contributed by atoms with E-state index in [0.29, 0.717) is 5.39 Å². The van der Waals surface area contributed by atoms with Crippen LogP contribution in [0.5, 0.6) is 0 Å². The molecule has 7 nitrogen and oxygen atoms in total. The molecule has 0 spiro atoms. The number of hydrogen-bond donors (Lipinski definition) is 1. The highest BCUT2D eigenvalue weighted by atomic mass is 28.3. The second kappa shape index (κ2) is 5.03. The zero-order chi connectivity index (χ0) is 15.8. The number of benzene rings is 1. The molecule has 0 fully saturated rings. The lowest BCUT2D eigenvalue weighted by Gasteiger charge is -2.02. The summed E-state index contributed by atoms with van der Waals surface area (Å²) in [5.74, 6) is 2.86. The summed E-state index contributed by atoms with van der Waals surface area (Å²) in [6, 6.07) is 3.92. The van der Waals surface area contributed by atoms with Crippen LogP contribution in [-0.4, -0.2) is 34.0 Å². The van der Waals surface area contributed by atoms with Crippen LogP contribution in [0.3, 0.4) is 0 Å². The van der Waals surface area contributed by atoms with E-state index >= 15 is 0 Å². The smallest absolute Gasteiger partial charge is 0.432 e. The number of nitrogens with zero attached hydrogens (tertiary/aromatic N) is 3. The fourth-order valence-electron chi connectivity index (χ4n) is 1.70. The van der Waals surface area contributed by atoms with Crippen molar-refractivity contribution in [2.24, 2.45) is 0 Å². The summed E-state index contributed by atoms with van der Waals surface area (Å²) < 4.78 is 0.785. The van der Waals surface area contributed by atoms with Crippen molar-refractivity contribution in [3.8, 4) is 11.5 Å². The molecular weight excluding hydrogens is 290 g/mol. The Kier molecular flexibility index (Phi) is 3.53. The minimum Gasteiger partial charge on any atom is -0.463 e. The third-order valence-electron chi connectivity index (χ3n) is 2.61. The molecule has 1 aromatic heterocycles. The molecule has 0 atom stereocenters. The van der Waals surface area contributed by atoms with Gasteiger partial charge in [-0.2, -0.15) is 9.78 Å². The standard InChI is InChI=1S/C13H13N3O4Si/c1-21(2,3)7-6-11-10-8-9(16(19)20)4-5-12(10)15(14-11)13(17)18/h4-5,8H,1-3H3,(H,17,18). The first kappa shape index (κ1) is 14.7. The number of carbonyl (C=O) groups is 1. The fraction of sp³-hybridized carbons (Fsp3) is 0.231. The molecule has 2 aromatic rings. The Balaban J connectivity index is 2.73. The lowest BCUT2D eigenvalue weighted by atomic mass is 10.2. The van der Waals surface area contributed by atoms with Crippen molar-refractivity contribution in [1.82, 2.24) is 9.78 Å². The summed E-state index contributed by atoms with van der Waals surface area (Å²) in [7, 11) is -1.67. The molecule has 0 radical (unpaired) electrons. The van der Waals surface area contributed by atoms with E-state index in [9.17, 15) is 14.9 Å². The topological polar surface area (TPSA) is 98.3 Å². The van der Waals surface area contributed by atoms with E-state index in [2.05, 4.69) is 16.6 Å². The maximum absolute atomic E-state index is 11.2. The van der Waals surface area contributed by atoms with Crippen LogP contribution in [-0.2, 0) is 0 Å². The van der Waals surface area contributed by atoms with Crippen molar-refractivity contribution in [3.63, 3.8) is 0 Å². The summed E-state index contributed by atoms with van der Waals surface area (Å²) in [5.41, 5.74) is 3.49. The molecule has 0 amide bonds. The quantitative estimate of drug-likeness (QED) is 0.378. The van der Waals surface area contributed by atoms with Gasteiger partial charge in [0.05, 0.1) is 10.4 Å². The average Bonchev–Trinajstić information content (AvgIpc) is 2.73. The van der Waals surface area contributed by atoms with Crippen molar-refractivity contribution in [3.05, 3.63) is 34.0 Å². The molecule has 21 heavy (non-hydrogen) atoms. The molecular formula is C13H13N3O4Si. The van der Waals surface area contributed by atoms with Crippen molar-refractivity contribution in [1.29, 1.82) is 0 Å². The molecule has 2 rings (SSSR count). The summed E-state index contributed by atoms with van der Waals surface area (Å²) in [6.45, 7) is 6.12. The van der Waals surface area contributed by atoms with Gasteiger partial charge in [-0.1, -0.05) is 25.6 Å². The van der Waals surface area contributed by atoms with Gasteiger partial charge in [-0.25, -0.2) is 4.79 Å². The Morgan fingerprint density at radius 2 is 2.10 bits per heavy atom. The number of nitro benzene ring substituents is 1. The maximum Gasteiger partial charge on any atom is 0.432 e. The molecule has 1 heterocycles. The molecule has 1 N–H and O–H groups in total. The van der Waals surface area contributed by atoms with Gasteiger partial charge in [0.1, 0.15) is 13.8 Å². The van der Waals surface area contributed by atoms with E-state index in [-0.39, 0.29) is 16.9 Å². The van der Waals surface area contributed by atoms with Gasteiger partial charge in [-0.15, -0.1) is 5.54 Å². The van der Waals surface area contributed by atoms with Gasteiger partial charge in [-0.3, -0.25) is 10.1 Å². The monoisotopic (exact) mass is 303 g/mol. The third kappa shape index (κ3) is 3.09. The number of rotatable bonds is 1. The van der Waals surface area contributed by atoms with E-state index < -0.39 is 19.1 Å². The molecule has 0 aliphatic rings. The maximum atomic E-state index is 11.2. The molecule has 108 valence electrons. The first-order chi connectivity index (χ1) is 9.69. The molecule has 0 aliphatic carbocycles. The van der Waals surface area contributed by atoms with Crippen molar-refractivity contribution >= 4 is 30.8 Å². The first-order valence-corrected chi connectivity index (χ1v) is 9.63. The average molecular weight is 303 g/mol. The Morgan fingerprint density at radius 1 is 1.43 bits per heavy atom. The van der Waals surface area contributed by atoms with Crippen molar-refractivity contribution in [2.45, 2.75) is 19.6 Å². The van der Waals surface area contributed by atoms with Crippen LogP contribution in [0.4, 0.5) is 10.5 Å². The number of fused-ring (bicyclic) bond motifs is 1. The first-order valence-electron chi connectivity index (χ1n) is 6.13. The van der Waals surface area contributed by atoms with Crippen LogP contribution in [0.25, 0.3) is 10.9 Å². The van der Waals surface area contributed by atoms with Crippen molar-refractivity contribution in [2.75, 3.05) is 0 Å². The molecule has 0 unspecified atom stereocenters. The fourth-order valence-corrected chi connectivity index (χ4v) is 2.20. The Labute approximate surface area is 121 Å². The zero-order valence-electron chi connectivity index (χ0n) is 11.7. The van der Waals surface area contributed by atoms with Gasteiger partial charge in [0.2, 0.25) is 0 Å². The zero-order valence-corrected chi connectivity index (χ0v) is 12.7. The van der Waals surface area contributed by atoms with Gasteiger partial charge >= 0.3 is 6.09 Å². The summed E-state index contributed by atoms with van der Waals surface area (Å²) >= 11 is 0. The molecule has 0 aliphatic heterocycles. The molecule has 8 heteroatoms. The minimum atomic E-state index is -1.67. The van der Waals surface area contributed by atoms with Gasteiger partial charge in [0.25, 0.3) is 5.69 Å². The SMILES string of the molecule is C[Si](C)(C)C#Cc1nn(C(=O)O)c2ccc([N+](=O)[O-])cc12. The number of non-ortho nitro benzene ring substituents is 1. The highest BCUT2D eigenvalue weighted by molar-refractivity contribution is 6.83. The lowest BCUT2D eigenvalue weighted by molar-refractivity contribution is -0.384. The molecule has 0 saturated carbocycles. The molecule has 1 aromatic carbocycles. The Hall–Kier alpha value is -2.66. The minimum absolute atomic E-state index is 0.122. The largest absolute Gasteiger partial charge is 0.463 e. The number of aromatic nitrogens is 2. The normalized spacial score (nSPS) is 11.0. The van der Waals surface area contributed by atoms with Crippen LogP contribution in [0.1, 0.15) is 5.69 Å².